The van der Waals surface area contributed by atoms with E-state index in [1.807, 2.05) is 11.6 Å². The van der Waals surface area contributed by atoms with Gasteiger partial charge in [0.15, 0.2) is 0 Å². The first kappa shape index (κ1) is 11.8. The van der Waals surface area contributed by atoms with Crippen molar-refractivity contribution >= 4 is 11.6 Å². The number of nitrogens with zero attached hydrogens (tertiary/aromatic N) is 3. The molecule has 3 rings (SSSR count). The van der Waals surface area contributed by atoms with Crippen molar-refractivity contribution in [1.29, 1.82) is 0 Å². The molecule has 0 bridgehead atoms. The normalized spacial score (nSPS) is 15.2. The van der Waals surface area contributed by atoms with Crippen LogP contribution in [0.15, 0.2) is 24.7 Å². The summed E-state index contributed by atoms with van der Waals surface area (Å²) in [5, 5.41) is 4.18. The molecule has 0 unspecified atom stereocenters. The molecule has 0 saturated heterocycles. The SMILES string of the molecule is Cn1c(Cl)cnc1Cn1ccc(CNC2CC2)c1. The van der Waals surface area contributed by atoms with Crippen molar-refractivity contribution in [2.45, 2.75) is 32.0 Å². The number of aromatic nitrogens is 3. The molecule has 1 fully saturated rings. The van der Waals surface area contributed by atoms with Gasteiger partial charge in [0.2, 0.25) is 0 Å². The van der Waals surface area contributed by atoms with Gasteiger partial charge in [-0.15, -0.1) is 0 Å². The molecular weight excluding hydrogens is 248 g/mol. The van der Waals surface area contributed by atoms with Crippen molar-refractivity contribution in [2.75, 3.05) is 0 Å². The van der Waals surface area contributed by atoms with Gasteiger partial charge >= 0.3 is 0 Å². The van der Waals surface area contributed by atoms with Gasteiger partial charge in [-0.3, -0.25) is 0 Å². The number of hydrogen-bond donors (Lipinski definition) is 1. The van der Waals surface area contributed by atoms with E-state index in [2.05, 4.69) is 33.3 Å². The van der Waals surface area contributed by atoms with Crippen molar-refractivity contribution in [3.8, 4) is 0 Å². The molecule has 0 spiro atoms. The van der Waals surface area contributed by atoms with Crippen LogP contribution >= 0.6 is 11.6 Å². The standard InChI is InChI=1S/C13H17ClN4/c1-17-12(14)7-16-13(17)9-18-5-4-10(8-18)6-15-11-2-3-11/h4-5,7-8,11,15H,2-3,6,9H2,1H3. The second-order valence-electron chi connectivity index (χ2n) is 4.90. The largest absolute Gasteiger partial charge is 0.346 e. The summed E-state index contributed by atoms with van der Waals surface area (Å²) in [4.78, 5) is 4.30. The molecule has 5 heteroatoms. The van der Waals surface area contributed by atoms with E-state index in [-0.39, 0.29) is 0 Å². The zero-order valence-electron chi connectivity index (χ0n) is 10.4. The lowest BCUT2D eigenvalue weighted by atomic mass is 10.3. The van der Waals surface area contributed by atoms with Gasteiger partial charge in [0.25, 0.3) is 0 Å². The molecule has 0 aromatic carbocycles. The Kier molecular flexibility index (Phi) is 3.14. The first-order chi connectivity index (χ1) is 8.72. The zero-order chi connectivity index (χ0) is 12.5. The Labute approximate surface area is 112 Å². The molecule has 2 aromatic heterocycles. The predicted octanol–water partition coefficient (Wildman–Crippen LogP) is 2.18. The van der Waals surface area contributed by atoms with Gasteiger partial charge in [-0.1, -0.05) is 11.6 Å². The van der Waals surface area contributed by atoms with Crippen LogP contribution in [0.2, 0.25) is 5.15 Å². The Balaban J connectivity index is 1.63. The number of nitrogens with one attached hydrogen (secondary N) is 1. The maximum absolute atomic E-state index is 5.97. The molecule has 1 N–H and O–H groups in total. The fraction of sp³-hybridized carbons (Fsp3) is 0.462. The summed E-state index contributed by atoms with van der Waals surface area (Å²) in [6.07, 6.45) is 8.60. The molecule has 2 heterocycles. The number of hydrogen-bond acceptors (Lipinski definition) is 2. The Hall–Kier alpha value is -1.26. The van der Waals surface area contributed by atoms with E-state index in [0.717, 1.165) is 25.0 Å². The summed E-state index contributed by atoms with van der Waals surface area (Å²) in [6.45, 7) is 1.71. The van der Waals surface area contributed by atoms with Crippen LogP contribution in [0.1, 0.15) is 24.2 Å². The monoisotopic (exact) mass is 264 g/mol. The van der Waals surface area contributed by atoms with Crippen molar-refractivity contribution in [3.05, 3.63) is 41.2 Å². The Morgan fingerprint density at radius 1 is 1.50 bits per heavy atom. The lowest BCUT2D eigenvalue weighted by molar-refractivity contribution is 0.677. The van der Waals surface area contributed by atoms with Gasteiger partial charge < -0.3 is 14.5 Å². The van der Waals surface area contributed by atoms with Crippen LogP contribution in [0.3, 0.4) is 0 Å². The third-order valence-corrected chi connectivity index (χ3v) is 3.69. The van der Waals surface area contributed by atoms with Crippen LogP contribution in [-0.2, 0) is 20.1 Å². The topological polar surface area (TPSA) is 34.8 Å². The predicted molar refractivity (Wildman–Crippen MR) is 71.6 cm³/mol. The second kappa shape index (κ2) is 4.78. The highest BCUT2D eigenvalue weighted by atomic mass is 35.5. The van der Waals surface area contributed by atoms with Gasteiger partial charge in [-0.25, -0.2) is 4.98 Å². The molecule has 1 saturated carbocycles. The van der Waals surface area contributed by atoms with Gasteiger partial charge in [0, 0.05) is 32.0 Å². The smallest absolute Gasteiger partial charge is 0.129 e. The molecule has 0 atom stereocenters. The minimum Gasteiger partial charge on any atom is -0.346 e. The van der Waals surface area contributed by atoms with Crippen LogP contribution < -0.4 is 5.32 Å². The van der Waals surface area contributed by atoms with E-state index < -0.39 is 0 Å². The molecule has 18 heavy (non-hydrogen) atoms. The van der Waals surface area contributed by atoms with E-state index >= 15 is 0 Å². The maximum atomic E-state index is 5.97. The maximum Gasteiger partial charge on any atom is 0.129 e. The summed E-state index contributed by atoms with van der Waals surface area (Å²) in [5.41, 5.74) is 1.32. The minimum absolute atomic E-state index is 0.674. The quantitative estimate of drug-likeness (QED) is 0.898. The highest BCUT2D eigenvalue weighted by Gasteiger charge is 2.19. The fourth-order valence-corrected chi connectivity index (χ4v) is 2.12. The number of rotatable bonds is 5. The minimum atomic E-state index is 0.674. The molecule has 2 aromatic rings. The van der Waals surface area contributed by atoms with Crippen LogP contribution in [0.4, 0.5) is 0 Å². The van der Waals surface area contributed by atoms with Gasteiger partial charge in [0.1, 0.15) is 11.0 Å². The second-order valence-corrected chi connectivity index (χ2v) is 5.29. The zero-order valence-corrected chi connectivity index (χ0v) is 11.2. The summed E-state index contributed by atoms with van der Waals surface area (Å²) in [7, 11) is 1.93. The highest BCUT2D eigenvalue weighted by molar-refractivity contribution is 6.29. The Bertz CT molecular complexity index is 539. The van der Waals surface area contributed by atoms with Crippen LogP contribution in [-0.4, -0.2) is 20.2 Å². The molecular formula is C13H17ClN4. The molecule has 0 aliphatic heterocycles. The Morgan fingerprint density at radius 3 is 3.00 bits per heavy atom. The third-order valence-electron chi connectivity index (χ3n) is 3.34. The number of halogens is 1. The third kappa shape index (κ3) is 2.60. The summed E-state index contributed by atoms with van der Waals surface area (Å²) >= 11 is 5.97. The van der Waals surface area contributed by atoms with Gasteiger partial charge in [-0.05, 0) is 24.5 Å². The molecule has 4 nitrogen and oxygen atoms in total. The first-order valence-corrected chi connectivity index (χ1v) is 6.64. The lowest BCUT2D eigenvalue weighted by Gasteiger charge is -2.04. The van der Waals surface area contributed by atoms with Crippen molar-refractivity contribution in [1.82, 2.24) is 19.4 Å². The van der Waals surface area contributed by atoms with E-state index in [1.54, 1.807) is 6.20 Å². The van der Waals surface area contributed by atoms with Crippen molar-refractivity contribution in [2.24, 2.45) is 7.05 Å². The van der Waals surface area contributed by atoms with Gasteiger partial charge in [-0.2, -0.15) is 0 Å². The van der Waals surface area contributed by atoms with Gasteiger partial charge in [0.05, 0.1) is 12.7 Å². The first-order valence-electron chi connectivity index (χ1n) is 6.26. The van der Waals surface area contributed by atoms with Crippen molar-refractivity contribution in [3.63, 3.8) is 0 Å². The molecule has 0 radical (unpaired) electrons. The molecule has 1 aliphatic carbocycles. The van der Waals surface area contributed by atoms with E-state index in [4.69, 9.17) is 11.6 Å². The van der Waals surface area contributed by atoms with Crippen LogP contribution in [0.25, 0.3) is 0 Å². The van der Waals surface area contributed by atoms with E-state index in [1.165, 1.54) is 18.4 Å². The molecule has 1 aliphatic rings. The fourth-order valence-electron chi connectivity index (χ4n) is 1.98. The average molecular weight is 265 g/mol. The summed E-state index contributed by atoms with van der Waals surface area (Å²) in [5.74, 6) is 0.970. The van der Waals surface area contributed by atoms with E-state index in [0.29, 0.717) is 5.15 Å². The molecule has 0 amide bonds. The van der Waals surface area contributed by atoms with Crippen molar-refractivity contribution < 1.29 is 0 Å². The lowest BCUT2D eigenvalue weighted by Crippen LogP contribution is -2.14. The van der Waals surface area contributed by atoms with E-state index in [9.17, 15) is 0 Å². The Morgan fingerprint density at radius 2 is 2.33 bits per heavy atom. The van der Waals surface area contributed by atoms with Crippen LogP contribution in [0.5, 0.6) is 0 Å². The number of imidazole rings is 1. The molecule has 96 valence electrons. The highest BCUT2D eigenvalue weighted by Crippen LogP contribution is 2.19. The summed E-state index contributed by atoms with van der Waals surface area (Å²) < 4.78 is 4.05. The summed E-state index contributed by atoms with van der Waals surface area (Å²) in [6, 6.07) is 2.90. The average Bonchev–Trinajstić information content (AvgIpc) is 3.02. The van der Waals surface area contributed by atoms with Crippen LogP contribution in [0, 0.1) is 0 Å².